The van der Waals surface area contributed by atoms with Gasteiger partial charge in [0, 0.05) is 19.3 Å². The molecule has 0 saturated heterocycles. The van der Waals surface area contributed by atoms with Crippen molar-refractivity contribution in [1.29, 1.82) is 0 Å². The van der Waals surface area contributed by atoms with Crippen LogP contribution in [0.5, 0.6) is 0 Å². The summed E-state index contributed by atoms with van der Waals surface area (Å²) in [5.41, 5.74) is 9.01. The van der Waals surface area contributed by atoms with Gasteiger partial charge in [-0.05, 0) is 43.2 Å². The molecule has 2 aromatic carbocycles. The molecule has 0 fully saturated rings. The number of sulfonamides is 1. The van der Waals surface area contributed by atoms with Gasteiger partial charge in [-0.2, -0.15) is 4.31 Å². The Balaban J connectivity index is 2.28. The van der Waals surface area contributed by atoms with Gasteiger partial charge in [-0.3, -0.25) is 0 Å². The van der Waals surface area contributed by atoms with E-state index in [0.717, 1.165) is 11.1 Å². The Kier molecular flexibility index (Phi) is 4.34. The molecule has 112 valence electrons. The van der Waals surface area contributed by atoms with Crippen molar-refractivity contribution in [2.75, 3.05) is 12.8 Å². The lowest BCUT2D eigenvalue weighted by Gasteiger charge is -2.19. The zero-order valence-corrected chi connectivity index (χ0v) is 13.3. The maximum Gasteiger partial charge on any atom is 0.243 e. The second-order valence-corrected chi connectivity index (χ2v) is 7.28. The number of nitrogens with two attached hydrogens (primary N) is 1. The van der Waals surface area contributed by atoms with E-state index < -0.39 is 10.0 Å². The predicted molar refractivity (Wildman–Crippen MR) is 85.4 cm³/mol. The number of hydrogen-bond acceptors (Lipinski definition) is 3. The number of anilines is 1. The van der Waals surface area contributed by atoms with E-state index in [2.05, 4.69) is 0 Å². The number of rotatable bonds is 4. The molecule has 0 saturated carbocycles. The fraction of sp³-hybridized carbons (Fsp3) is 0.250. The van der Waals surface area contributed by atoms with Crippen LogP contribution in [-0.2, 0) is 16.6 Å². The number of benzene rings is 2. The topological polar surface area (TPSA) is 63.4 Å². The summed E-state index contributed by atoms with van der Waals surface area (Å²) in [7, 11) is -1.93. The SMILES string of the molecule is Cc1ccc(CN(C)S(=O)(=O)c2ccc(N)cc2C)cc1. The highest BCUT2D eigenvalue weighted by Gasteiger charge is 2.22. The molecule has 0 aliphatic heterocycles. The zero-order chi connectivity index (χ0) is 15.6. The third-order valence-corrected chi connectivity index (χ3v) is 5.38. The molecule has 0 amide bonds. The van der Waals surface area contributed by atoms with Crippen LogP contribution in [0.25, 0.3) is 0 Å². The molecular weight excluding hydrogens is 284 g/mol. The molecule has 2 aromatic rings. The van der Waals surface area contributed by atoms with E-state index in [1.807, 2.05) is 31.2 Å². The fourth-order valence-corrected chi connectivity index (χ4v) is 3.53. The summed E-state index contributed by atoms with van der Waals surface area (Å²) in [6, 6.07) is 12.7. The first kappa shape index (κ1) is 15.5. The second-order valence-electron chi connectivity index (χ2n) is 5.27. The van der Waals surface area contributed by atoms with Gasteiger partial charge in [-0.25, -0.2) is 8.42 Å². The molecule has 0 aliphatic rings. The van der Waals surface area contributed by atoms with Crippen molar-refractivity contribution in [2.24, 2.45) is 0 Å². The Hall–Kier alpha value is -1.85. The standard InChI is InChI=1S/C16H20N2O2S/c1-12-4-6-14(7-5-12)11-18(3)21(19,20)16-9-8-15(17)10-13(16)2/h4-10H,11,17H2,1-3H3. The Bertz CT molecular complexity index is 737. The van der Waals surface area contributed by atoms with Crippen LogP contribution in [0.15, 0.2) is 47.4 Å². The normalized spacial score (nSPS) is 11.8. The van der Waals surface area contributed by atoms with Crippen LogP contribution in [0.4, 0.5) is 5.69 Å². The summed E-state index contributed by atoms with van der Waals surface area (Å²) in [5, 5.41) is 0. The van der Waals surface area contributed by atoms with E-state index in [9.17, 15) is 8.42 Å². The van der Waals surface area contributed by atoms with Crippen LogP contribution >= 0.6 is 0 Å². The fourth-order valence-electron chi connectivity index (χ4n) is 2.17. The molecule has 0 aromatic heterocycles. The smallest absolute Gasteiger partial charge is 0.243 e. The molecule has 0 aliphatic carbocycles. The van der Waals surface area contributed by atoms with E-state index in [1.54, 1.807) is 32.2 Å². The average Bonchev–Trinajstić information content (AvgIpc) is 2.40. The number of hydrogen-bond donors (Lipinski definition) is 1. The summed E-state index contributed by atoms with van der Waals surface area (Å²) in [5.74, 6) is 0. The van der Waals surface area contributed by atoms with Gasteiger partial charge in [0.15, 0.2) is 0 Å². The Labute approximate surface area is 126 Å². The van der Waals surface area contributed by atoms with Gasteiger partial charge < -0.3 is 5.73 Å². The molecule has 0 atom stereocenters. The number of nitrogens with zero attached hydrogens (tertiary/aromatic N) is 1. The molecule has 0 spiro atoms. The molecule has 4 nitrogen and oxygen atoms in total. The van der Waals surface area contributed by atoms with E-state index >= 15 is 0 Å². The van der Waals surface area contributed by atoms with E-state index in [0.29, 0.717) is 22.7 Å². The van der Waals surface area contributed by atoms with E-state index in [4.69, 9.17) is 5.73 Å². The lowest BCUT2D eigenvalue weighted by atomic mass is 10.1. The highest BCUT2D eigenvalue weighted by atomic mass is 32.2. The van der Waals surface area contributed by atoms with Gasteiger partial charge >= 0.3 is 0 Å². The van der Waals surface area contributed by atoms with Crippen molar-refractivity contribution >= 4 is 15.7 Å². The van der Waals surface area contributed by atoms with Gasteiger partial charge in [0.05, 0.1) is 4.90 Å². The maximum atomic E-state index is 12.6. The van der Waals surface area contributed by atoms with Gasteiger partial charge in [0.25, 0.3) is 0 Å². The Morgan fingerprint density at radius 2 is 1.67 bits per heavy atom. The van der Waals surface area contributed by atoms with Crippen molar-refractivity contribution in [3.63, 3.8) is 0 Å². The van der Waals surface area contributed by atoms with E-state index in [1.165, 1.54) is 4.31 Å². The monoisotopic (exact) mass is 304 g/mol. The van der Waals surface area contributed by atoms with Gasteiger partial charge in [0.2, 0.25) is 10.0 Å². The maximum absolute atomic E-state index is 12.6. The summed E-state index contributed by atoms with van der Waals surface area (Å²) in [6.45, 7) is 4.09. The molecule has 21 heavy (non-hydrogen) atoms. The van der Waals surface area contributed by atoms with Crippen LogP contribution in [0.2, 0.25) is 0 Å². The highest BCUT2D eigenvalue weighted by Crippen LogP contribution is 2.22. The quantitative estimate of drug-likeness (QED) is 0.883. The van der Waals surface area contributed by atoms with Gasteiger partial charge in [0.1, 0.15) is 0 Å². The molecule has 2 N–H and O–H groups in total. The molecule has 0 radical (unpaired) electrons. The lowest BCUT2D eigenvalue weighted by Crippen LogP contribution is -2.27. The van der Waals surface area contributed by atoms with Gasteiger partial charge in [-0.1, -0.05) is 29.8 Å². The minimum atomic E-state index is -3.52. The molecule has 0 heterocycles. The third kappa shape index (κ3) is 3.43. The molecule has 2 rings (SSSR count). The minimum absolute atomic E-state index is 0.298. The summed E-state index contributed by atoms with van der Waals surface area (Å²) < 4.78 is 26.6. The van der Waals surface area contributed by atoms with Crippen LogP contribution in [-0.4, -0.2) is 19.8 Å². The zero-order valence-electron chi connectivity index (χ0n) is 12.5. The average molecular weight is 304 g/mol. The lowest BCUT2D eigenvalue weighted by molar-refractivity contribution is 0.466. The van der Waals surface area contributed by atoms with Crippen LogP contribution in [0.3, 0.4) is 0 Å². The van der Waals surface area contributed by atoms with Crippen LogP contribution < -0.4 is 5.73 Å². The Morgan fingerprint density at radius 3 is 2.24 bits per heavy atom. The number of aryl methyl sites for hydroxylation is 2. The van der Waals surface area contributed by atoms with Crippen molar-refractivity contribution in [2.45, 2.75) is 25.3 Å². The largest absolute Gasteiger partial charge is 0.399 e. The minimum Gasteiger partial charge on any atom is -0.399 e. The summed E-state index contributed by atoms with van der Waals surface area (Å²) in [4.78, 5) is 0.298. The molecule has 0 unspecified atom stereocenters. The van der Waals surface area contributed by atoms with Crippen LogP contribution in [0.1, 0.15) is 16.7 Å². The van der Waals surface area contributed by atoms with Crippen molar-refractivity contribution in [3.05, 3.63) is 59.2 Å². The number of nitrogen functional groups attached to an aromatic ring is 1. The predicted octanol–water partition coefficient (Wildman–Crippen LogP) is 2.71. The molecule has 0 bridgehead atoms. The first-order valence-electron chi connectivity index (χ1n) is 6.69. The molecule has 5 heteroatoms. The van der Waals surface area contributed by atoms with Gasteiger partial charge in [-0.15, -0.1) is 0 Å². The van der Waals surface area contributed by atoms with Crippen molar-refractivity contribution < 1.29 is 8.42 Å². The summed E-state index contributed by atoms with van der Waals surface area (Å²) >= 11 is 0. The highest BCUT2D eigenvalue weighted by molar-refractivity contribution is 7.89. The first-order valence-corrected chi connectivity index (χ1v) is 8.13. The third-order valence-electron chi connectivity index (χ3n) is 3.41. The van der Waals surface area contributed by atoms with Crippen LogP contribution in [0, 0.1) is 13.8 Å². The molecular formula is C16H20N2O2S. The van der Waals surface area contributed by atoms with Crippen molar-refractivity contribution in [3.8, 4) is 0 Å². The van der Waals surface area contributed by atoms with Crippen molar-refractivity contribution in [1.82, 2.24) is 4.31 Å². The first-order chi connectivity index (χ1) is 9.80. The second kappa shape index (κ2) is 5.87. The summed E-state index contributed by atoms with van der Waals surface area (Å²) in [6.07, 6.45) is 0. The van der Waals surface area contributed by atoms with E-state index in [-0.39, 0.29) is 0 Å². The Morgan fingerprint density at radius 1 is 1.05 bits per heavy atom.